The first kappa shape index (κ1) is 17.6. The van der Waals surface area contributed by atoms with Gasteiger partial charge in [0.05, 0.1) is 5.92 Å². The molecule has 5 nitrogen and oxygen atoms in total. The third kappa shape index (κ3) is 3.42. The molecule has 2 aliphatic heterocycles. The van der Waals surface area contributed by atoms with E-state index in [0.717, 1.165) is 22.6 Å². The van der Waals surface area contributed by atoms with Gasteiger partial charge in [0.25, 0.3) is 0 Å². The third-order valence-corrected chi connectivity index (χ3v) is 5.48. The van der Waals surface area contributed by atoms with Gasteiger partial charge in [-0.2, -0.15) is 0 Å². The summed E-state index contributed by atoms with van der Waals surface area (Å²) in [4.78, 5) is 26.9. The maximum absolute atomic E-state index is 12.9. The second kappa shape index (κ2) is 7.06. The molecular weight excluding hydrogens is 342 g/mol. The molecule has 0 spiro atoms. The fourth-order valence-electron chi connectivity index (χ4n) is 3.74. The van der Waals surface area contributed by atoms with Gasteiger partial charge in [-0.3, -0.25) is 14.5 Å². The van der Waals surface area contributed by atoms with Crippen molar-refractivity contribution < 1.29 is 19.1 Å². The van der Waals surface area contributed by atoms with Crippen molar-refractivity contribution in [1.82, 2.24) is 4.90 Å². The second-order valence-corrected chi connectivity index (χ2v) is 7.35. The van der Waals surface area contributed by atoms with Crippen molar-refractivity contribution in [3.05, 3.63) is 59.2 Å². The molecule has 1 saturated heterocycles. The molecule has 2 aliphatic rings. The Morgan fingerprint density at radius 3 is 2.44 bits per heavy atom. The topological polar surface area (TPSA) is 55.8 Å². The molecule has 2 aromatic rings. The zero-order valence-electron chi connectivity index (χ0n) is 15.6. The fourth-order valence-corrected chi connectivity index (χ4v) is 3.74. The van der Waals surface area contributed by atoms with E-state index in [0.29, 0.717) is 19.4 Å². The highest BCUT2D eigenvalue weighted by Gasteiger charge is 2.44. The molecular formula is C22H23NO4. The van der Waals surface area contributed by atoms with E-state index in [1.807, 2.05) is 56.3 Å². The predicted molar refractivity (Wildman–Crippen MR) is 101 cm³/mol. The van der Waals surface area contributed by atoms with E-state index in [-0.39, 0.29) is 30.4 Å². The average molecular weight is 365 g/mol. The van der Waals surface area contributed by atoms with Crippen molar-refractivity contribution >= 4 is 11.8 Å². The molecule has 0 bridgehead atoms. The number of hydrogen-bond acceptors (Lipinski definition) is 4. The molecule has 0 saturated carbocycles. The number of amides is 2. The zero-order valence-corrected chi connectivity index (χ0v) is 15.6. The summed E-state index contributed by atoms with van der Waals surface area (Å²) in [5.41, 5.74) is 3.30. The van der Waals surface area contributed by atoms with Gasteiger partial charge in [0.2, 0.25) is 18.6 Å². The monoisotopic (exact) mass is 365 g/mol. The number of nitrogens with zero attached hydrogens (tertiary/aromatic N) is 1. The molecule has 2 heterocycles. The quantitative estimate of drug-likeness (QED) is 0.764. The number of hydrogen-bond donors (Lipinski definition) is 0. The van der Waals surface area contributed by atoms with E-state index in [1.165, 1.54) is 10.5 Å². The fraction of sp³-hybridized carbons (Fsp3) is 0.364. The molecule has 0 aliphatic carbocycles. The summed E-state index contributed by atoms with van der Waals surface area (Å²) in [6.07, 6.45) is 1.21. The van der Waals surface area contributed by atoms with Crippen LogP contribution in [0, 0.1) is 18.8 Å². The number of aryl methyl sites for hydroxylation is 1. The third-order valence-electron chi connectivity index (χ3n) is 5.48. The Morgan fingerprint density at radius 1 is 0.963 bits per heavy atom. The molecule has 140 valence electrons. The van der Waals surface area contributed by atoms with E-state index in [9.17, 15) is 9.59 Å². The standard InChI is InChI=1S/C22H23NO4/c1-14-3-5-16(6-4-14)11-18-15(2)21(24)23(22(18)25)10-9-17-7-8-19-20(12-17)27-13-26-19/h3-8,12,15,18H,9-11,13H2,1-2H3. The first-order valence-corrected chi connectivity index (χ1v) is 9.32. The minimum atomic E-state index is -0.282. The van der Waals surface area contributed by atoms with Gasteiger partial charge in [-0.05, 0) is 43.0 Å². The Balaban J connectivity index is 1.43. The summed E-state index contributed by atoms with van der Waals surface area (Å²) in [6, 6.07) is 13.9. The van der Waals surface area contributed by atoms with Gasteiger partial charge in [0.1, 0.15) is 0 Å². The highest BCUT2D eigenvalue weighted by atomic mass is 16.7. The van der Waals surface area contributed by atoms with E-state index >= 15 is 0 Å². The van der Waals surface area contributed by atoms with Crippen molar-refractivity contribution in [2.45, 2.75) is 26.7 Å². The number of imide groups is 1. The highest BCUT2D eigenvalue weighted by Crippen LogP contribution is 2.33. The van der Waals surface area contributed by atoms with Crippen LogP contribution in [0.15, 0.2) is 42.5 Å². The minimum absolute atomic E-state index is 0.0613. The average Bonchev–Trinajstić information content (AvgIpc) is 3.21. The Kier molecular flexibility index (Phi) is 4.60. The van der Waals surface area contributed by atoms with Gasteiger partial charge in [0.15, 0.2) is 11.5 Å². The van der Waals surface area contributed by atoms with Crippen LogP contribution in [0.1, 0.15) is 23.6 Å². The molecule has 0 aromatic heterocycles. The van der Waals surface area contributed by atoms with Crippen molar-refractivity contribution in [1.29, 1.82) is 0 Å². The number of ether oxygens (including phenoxy) is 2. The van der Waals surface area contributed by atoms with Crippen LogP contribution in [-0.4, -0.2) is 30.1 Å². The van der Waals surface area contributed by atoms with Gasteiger partial charge in [-0.25, -0.2) is 0 Å². The van der Waals surface area contributed by atoms with E-state index in [2.05, 4.69) is 0 Å². The van der Waals surface area contributed by atoms with Crippen LogP contribution in [-0.2, 0) is 22.4 Å². The van der Waals surface area contributed by atoms with Crippen LogP contribution in [0.4, 0.5) is 0 Å². The lowest BCUT2D eigenvalue weighted by molar-refractivity contribution is -0.139. The van der Waals surface area contributed by atoms with Crippen LogP contribution >= 0.6 is 0 Å². The summed E-state index contributed by atoms with van der Waals surface area (Å²) in [7, 11) is 0. The van der Waals surface area contributed by atoms with E-state index in [4.69, 9.17) is 9.47 Å². The van der Waals surface area contributed by atoms with Gasteiger partial charge in [0, 0.05) is 12.5 Å². The van der Waals surface area contributed by atoms with Gasteiger partial charge >= 0.3 is 0 Å². The van der Waals surface area contributed by atoms with Crippen LogP contribution in [0.5, 0.6) is 11.5 Å². The van der Waals surface area contributed by atoms with E-state index < -0.39 is 0 Å². The second-order valence-electron chi connectivity index (χ2n) is 7.35. The molecule has 2 unspecified atom stereocenters. The van der Waals surface area contributed by atoms with Crippen LogP contribution in [0.3, 0.4) is 0 Å². The van der Waals surface area contributed by atoms with Gasteiger partial charge in [-0.1, -0.05) is 42.8 Å². The van der Waals surface area contributed by atoms with Crippen molar-refractivity contribution in [2.24, 2.45) is 11.8 Å². The zero-order chi connectivity index (χ0) is 19.0. The lowest BCUT2D eigenvalue weighted by Gasteiger charge is -2.15. The summed E-state index contributed by atoms with van der Waals surface area (Å²) in [5.74, 6) is 0.759. The smallest absolute Gasteiger partial charge is 0.233 e. The molecule has 1 fully saturated rings. The summed E-state index contributed by atoms with van der Waals surface area (Å²) >= 11 is 0. The molecule has 27 heavy (non-hydrogen) atoms. The molecule has 0 N–H and O–H groups in total. The van der Waals surface area contributed by atoms with Gasteiger partial charge < -0.3 is 9.47 Å². The van der Waals surface area contributed by atoms with Crippen LogP contribution in [0.25, 0.3) is 0 Å². The lowest BCUT2D eigenvalue weighted by atomic mass is 9.90. The largest absolute Gasteiger partial charge is 0.454 e. The summed E-state index contributed by atoms with van der Waals surface area (Å²) in [5, 5.41) is 0. The predicted octanol–water partition coefficient (Wildman–Crippen LogP) is 3.13. The Labute approximate surface area is 158 Å². The first-order chi connectivity index (χ1) is 13.0. The van der Waals surface area contributed by atoms with Gasteiger partial charge in [-0.15, -0.1) is 0 Å². The number of benzene rings is 2. The Morgan fingerprint density at radius 2 is 1.67 bits per heavy atom. The molecule has 0 radical (unpaired) electrons. The molecule has 2 amide bonds. The van der Waals surface area contributed by atoms with Crippen molar-refractivity contribution in [3.63, 3.8) is 0 Å². The lowest BCUT2D eigenvalue weighted by Crippen LogP contribution is -2.33. The minimum Gasteiger partial charge on any atom is -0.454 e. The molecule has 2 aromatic carbocycles. The number of likely N-dealkylation sites (tertiary alicyclic amines) is 1. The molecule has 4 rings (SSSR count). The highest BCUT2D eigenvalue weighted by molar-refractivity contribution is 6.05. The van der Waals surface area contributed by atoms with Crippen LogP contribution in [0.2, 0.25) is 0 Å². The SMILES string of the molecule is Cc1ccc(CC2C(=O)N(CCc3ccc4c(c3)OCO4)C(=O)C2C)cc1. The van der Waals surface area contributed by atoms with Crippen molar-refractivity contribution in [3.8, 4) is 11.5 Å². The molecule has 5 heteroatoms. The molecule has 2 atom stereocenters. The Hall–Kier alpha value is -2.82. The summed E-state index contributed by atoms with van der Waals surface area (Å²) < 4.78 is 10.7. The Bertz CT molecular complexity index is 874. The maximum atomic E-state index is 12.9. The number of carbonyl (C=O) groups is 2. The normalized spacial score (nSPS) is 21.2. The summed E-state index contributed by atoms with van der Waals surface area (Å²) in [6.45, 7) is 4.53. The number of fused-ring (bicyclic) bond motifs is 1. The first-order valence-electron chi connectivity index (χ1n) is 9.32. The number of carbonyl (C=O) groups excluding carboxylic acids is 2. The van der Waals surface area contributed by atoms with E-state index in [1.54, 1.807) is 0 Å². The maximum Gasteiger partial charge on any atom is 0.233 e. The number of rotatable bonds is 5. The van der Waals surface area contributed by atoms with Crippen LogP contribution < -0.4 is 9.47 Å². The van der Waals surface area contributed by atoms with Crippen molar-refractivity contribution in [2.75, 3.05) is 13.3 Å².